The van der Waals surface area contributed by atoms with Crippen molar-refractivity contribution >= 4 is 16.1 Å². The van der Waals surface area contributed by atoms with Crippen molar-refractivity contribution in [2.75, 3.05) is 26.7 Å². The Morgan fingerprint density at radius 2 is 1.89 bits per heavy atom. The molecule has 1 saturated heterocycles. The van der Waals surface area contributed by atoms with Crippen LogP contribution >= 0.6 is 0 Å². The highest BCUT2D eigenvalue weighted by Crippen LogP contribution is 2.38. The quantitative estimate of drug-likeness (QED) is 0.632. The number of urea groups is 1. The van der Waals surface area contributed by atoms with Crippen LogP contribution in [0.1, 0.15) is 5.56 Å². The van der Waals surface area contributed by atoms with E-state index >= 15 is 0 Å². The van der Waals surface area contributed by atoms with Gasteiger partial charge in [-0.3, -0.25) is 0 Å². The van der Waals surface area contributed by atoms with Gasteiger partial charge in [-0.15, -0.1) is 0 Å². The third-order valence-corrected chi connectivity index (χ3v) is 7.09. The molecule has 2 aromatic rings. The zero-order chi connectivity index (χ0) is 25.5. The Morgan fingerprint density at radius 3 is 2.60 bits per heavy atom. The second-order valence-corrected chi connectivity index (χ2v) is 10.1. The largest absolute Gasteiger partial charge is 0.488 e. The number of alkyl halides is 4. The van der Waals surface area contributed by atoms with Crippen LogP contribution in [0.5, 0.6) is 5.75 Å². The number of amides is 2. The van der Waals surface area contributed by atoms with Gasteiger partial charge in [-0.2, -0.15) is 13.5 Å². The van der Waals surface area contributed by atoms with E-state index in [4.69, 9.17) is 4.74 Å². The molecule has 0 aliphatic carbocycles. The fourth-order valence-corrected chi connectivity index (χ4v) is 5.11. The van der Waals surface area contributed by atoms with E-state index in [9.17, 15) is 35.2 Å². The molecule has 13 heteroatoms. The summed E-state index contributed by atoms with van der Waals surface area (Å²) in [6.45, 7) is -1.44. The minimum absolute atomic E-state index is 0.0423. The molecular weight excluding hydrogens is 497 g/mol. The maximum Gasteiger partial charge on any atom is 0.350 e. The molecule has 2 aliphatic rings. The highest BCUT2D eigenvalue weighted by atomic mass is 32.2. The molecule has 0 unspecified atom stereocenters. The van der Waals surface area contributed by atoms with Crippen LogP contribution in [0.25, 0.3) is 11.1 Å². The third-order valence-electron chi connectivity index (χ3n) is 6.04. The number of nitrogens with one attached hydrogen (secondary N) is 1. The standard InChI is InChI=1S/C22H22F5N3O4S/c1-29-8-9-34-18-15(6-3-7-16(18)23)14-5-2-4-13(10-14)11-17-19(28-35(32,33)20(24)25)22(26,27)12-30(17)21(29)31/h2-7,10,17,19-20,28H,8-9,11-12H2,1H3/t17-,19+/m0/s1. The molecule has 0 spiro atoms. The van der Waals surface area contributed by atoms with Crippen LogP contribution in [-0.2, 0) is 16.4 Å². The van der Waals surface area contributed by atoms with E-state index in [0.717, 1.165) is 9.80 Å². The summed E-state index contributed by atoms with van der Waals surface area (Å²) in [4.78, 5) is 14.9. The van der Waals surface area contributed by atoms with Crippen LogP contribution in [0.4, 0.5) is 26.7 Å². The summed E-state index contributed by atoms with van der Waals surface area (Å²) in [5.74, 6) is -8.41. The number of nitrogens with zero attached hydrogens (tertiary/aromatic N) is 2. The summed E-state index contributed by atoms with van der Waals surface area (Å²) in [6.07, 6.45) is -0.273. The lowest BCUT2D eigenvalue weighted by molar-refractivity contribution is -0.00553. The second-order valence-electron chi connectivity index (χ2n) is 8.43. The average Bonchev–Trinajstić information content (AvgIpc) is 3.03. The third kappa shape index (κ3) is 4.92. The Balaban J connectivity index is 1.81. The van der Waals surface area contributed by atoms with Gasteiger partial charge in [-0.25, -0.2) is 26.4 Å². The molecule has 190 valence electrons. The maximum atomic E-state index is 15.0. The van der Waals surface area contributed by atoms with Gasteiger partial charge in [-0.05, 0) is 23.6 Å². The molecule has 0 radical (unpaired) electrons. The molecule has 4 rings (SSSR count). The van der Waals surface area contributed by atoms with Gasteiger partial charge in [0.2, 0.25) is 0 Å². The van der Waals surface area contributed by atoms with Crippen molar-refractivity contribution in [1.29, 1.82) is 0 Å². The predicted molar refractivity (Wildman–Crippen MR) is 116 cm³/mol. The fraction of sp³-hybridized carbons (Fsp3) is 0.409. The monoisotopic (exact) mass is 519 g/mol. The lowest BCUT2D eigenvalue weighted by atomic mass is 9.96. The summed E-state index contributed by atoms with van der Waals surface area (Å²) in [6, 6.07) is 6.04. The van der Waals surface area contributed by atoms with Crippen molar-refractivity contribution in [2.24, 2.45) is 0 Å². The number of halogens is 5. The maximum absolute atomic E-state index is 15.0. The van der Waals surface area contributed by atoms with E-state index in [2.05, 4.69) is 0 Å². The molecule has 2 aliphatic heterocycles. The van der Waals surface area contributed by atoms with Crippen molar-refractivity contribution in [3.05, 3.63) is 53.8 Å². The molecule has 0 aromatic heterocycles. The first-order valence-corrected chi connectivity index (χ1v) is 12.1. The average molecular weight is 519 g/mol. The summed E-state index contributed by atoms with van der Waals surface area (Å²) in [5, 5.41) is 0. The summed E-state index contributed by atoms with van der Waals surface area (Å²) >= 11 is 0. The van der Waals surface area contributed by atoms with Crippen molar-refractivity contribution in [3.8, 4) is 16.9 Å². The van der Waals surface area contributed by atoms with Gasteiger partial charge < -0.3 is 14.5 Å². The Kier molecular flexibility index (Phi) is 6.66. The molecule has 0 saturated carbocycles. The number of ether oxygens (including phenoxy) is 1. The molecule has 2 amide bonds. The first-order chi connectivity index (χ1) is 16.4. The molecule has 2 bridgehead atoms. The second kappa shape index (κ2) is 9.26. The minimum atomic E-state index is -5.38. The molecule has 2 heterocycles. The minimum Gasteiger partial charge on any atom is -0.488 e. The topological polar surface area (TPSA) is 79.0 Å². The van der Waals surface area contributed by atoms with Crippen molar-refractivity contribution in [2.45, 2.75) is 30.2 Å². The van der Waals surface area contributed by atoms with Gasteiger partial charge in [0.15, 0.2) is 11.6 Å². The molecular formula is C22H22F5N3O4S. The highest BCUT2D eigenvalue weighted by molar-refractivity contribution is 7.89. The molecule has 1 N–H and O–H groups in total. The van der Waals surface area contributed by atoms with Crippen LogP contribution in [0.15, 0.2) is 42.5 Å². The summed E-state index contributed by atoms with van der Waals surface area (Å²) < 4.78 is 101. The molecule has 1 fully saturated rings. The number of hydrogen-bond donors (Lipinski definition) is 1. The van der Waals surface area contributed by atoms with E-state index in [1.165, 1.54) is 23.9 Å². The predicted octanol–water partition coefficient (Wildman–Crippen LogP) is 3.31. The Hall–Kier alpha value is -2.93. The van der Waals surface area contributed by atoms with Crippen LogP contribution in [0.2, 0.25) is 0 Å². The first kappa shape index (κ1) is 25.2. The number of rotatable bonds is 3. The SMILES string of the molecule is CN1CCOc2c(F)cccc2-c2cccc(c2)C[C@H]2[C@@H](NS(=O)(=O)C(F)F)C(F)(F)CN2C1=O. The Morgan fingerprint density at radius 1 is 1.17 bits per heavy atom. The van der Waals surface area contributed by atoms with Crippen LogP contribution in [0, 0.1) is 5.82 Å². The first-order valence-electron chi connectivity index (χ1n) is 10.6. The van der Waals surface area contributed by atoms with Crippen LogP contribution in [0.3, 0.4) is 0 Å². The van der Waals surface area contributed by atoms with Crippen molar-refractivity contribution < 1.29 is 39.9 Å². The number of para-hydroxylation sites is 1. The lowest BCUT2D eigenvalue weighted by Gasteiger charge is -2.31. The van der Waals surface area contributed by atoms with Crippen molar-refractivity contribution in [1.82, 2.24) is 14.5 Å². The smallest absolute Gasteiger partial charge is 0.350 e. The lowest BCUT2D eigenvalue weighted by Crippen LogP contribution is -2.54. The Bertz CT molecular complexity index is 1230. The van der Waals surface area contributed by atoms with Gasteiger partial charge >= 0.3 is 11.8 Å². The fourth-order valence-electron chi connectivity index (χ4n) is 4.32. The van der Waals surface area contributed by atoms with E-state index in [0.29, 0.717) is 16.7 Å². The van der Waals surface area contributed by atoms with Crippen LogP contribution in [-0.4, -0.2) is 74.8 Å². The van der Waals surface area contributed by atoms with Crippen molar-refractivity contribution in [3.63, 3.8) is 0 Å². The molecule has 7 nitrogen and oxygen atoms in total. The highest BCUT2D eigenvalue weighted by Gasteiger charge is 2.58. The summed E-state index contributed by atoms with van der Waals surface area (Å²) in [7, 11) is -4.06. The number of likely N-dealkylation sites (N-methyl/N-ethyl adjacent to an activating group) is 1. The molecule has 35 heavy (non-hydrogen) atoms. The number of hydrogen-bond acceptors (Lipinski definition) is 4. The van der Waals surface area contributed by atoms with E-state index in [-0.39, 0.29) is 25.3 Å². The van der Waals surface area contributed by atoms with E-state index in [1.54, 1.807) is 30.3 Å². The van der Waals surface area contributed by atoms with E-state index in [1.807, 2.05) is 0 Å². The number of benzene rings is 2. The van der Waals surface area contributed by atoms with Gasteiger partial charge in [-0.1, -0.05) is 36.4 Å². The van der Waals surface area contributed by atoms with E-state index < -0.39 is 52.2 Å². The Labute approximate surface area is 198 Å². The van der Waals surface area contributed by atoms with Gasteiger partial charge in [0.05, 0.1) is 19.1 Å². The number of carbonyl (C=O) groups is 1. The molecule has 2 aromatic carbocycles. The van der Waals surface area contributed by atoms with Crippen LogP contribution < -0.4 is 9.46 Å². The summed E-state index contributed by atoms with van der Waals surface area (Å²) in [5.41, 5.74) is 1.29. The van der Waals surface area contributed by atoms with Gasteiger partial charge in [0, 0.05) is 12.6 Å². The zero-order valence-corrected chi connectivity index (χ0v) is 19.2. The van der Waals surface area contributed by atoms with Gasteiger partial charge in [0.25, 0.3) is 15.9 Å². The number of fused-ring (bicyclic) bond motifs is 5. The van der Waals surface area contributed by atoms with Gasteiger partial charge in [0.1, 0.15) is 12.6 Å². The number of carbonyl (C=O) groups excluding carboxylic acids is 1. The zero-order valence-electron chi connectivity index (χ0n) is 18.4. The molecule has 2 atom stereocenters. The normalized spacial score (nSPS) is 22.5. The number of sulfonamides is 1.